The predicted molar refractivity (Wildman–Crippen MR) is 69.2 cm³/mol. The quantitative estimate of drug-likeness (QED) is 0.844. The Kier molecular flexibility index (Phi) is 3.45. The Morgan fingerprint density at radius 1 is 1.35 bits per heavy atom. The third kappa shape index (κ3) is 2.69. The molecule has 1 aromatic heterocycles. The van der Waals surface area contributed by atoms with E-state index in [4.69, 9.17) is 5.11 Å². The minimum Gasteiger partial charge on any atom is -0.395 e. The van der Waals surface area contributed by atoms with Gasteiger partial charge in [-0.25, -0.2) is 4.98 Å². The molecule has 0 atom stereocenters. The number of aliphatic hydroxyl groups excluding tert-OH is 1. The molecule has 0 aliphatic heterocycles. The van der Waals surface area contributed by atoms with Gasteiger partial charge in [-0.15, -0.1) is 11.3 Å². The highest BCUT2D eigenvalue weighted by atomic mass is 32.1. The lowest BCUT2D eigenvalue weighted by molar-refractivity contribution is 0.184. The average Bonchev–Trinajstić information content (AvgIpc) is 2.99. The minimum atomic E-state index is 0.269. The number of rotatable bonds is 6. The molecule has 4 heteroatoms. The molecule has 2 saturated carbocycles. The van der Waals surface area contributed by atoms with Crippen LogP contribution in [0.2, 0.25) is 0 Å². The second-order valence-electron chi connectivity index (χ2n) is 5.22. The molecule has 2 aliphatic rings. The fourth-order valence-electron chi connectivity index (χ4n) is 2.40. The average molecular weight is 252 g/mol. The Balaban J connectivity index is 1.60. The molecule has 1 heterocycles. The Morgan fingerprint density at radius 3 is 2.76 bits per heavy atom. The van der Waals surface area contributed by atoms with Crippen molar-refractivity contribution in [1.82, 2.24) is 9.88 Å². The first-order chi connectivity index (χ1) is 8.36. The summed E-state index contributed by atoms with van der Waals surface area (Å²) in [5.41, 5.74) is 0. The minimum absolute atomic E-state index is 0.269. The smallest absolute Gasteiger partial charge is 0.0959 e. The highest BCUT2D eigenvalue weighted by Gasteiger charge is 2.29. The van der Waals surface area contributed by atoms with Crippen molar-refractivity contribution in [3.8, 4) is 0 Å². The lowest BCUT2D eigenvalue weighted by atomic mass is 9.86. The van der Waals surface area contributed by atoms with Crippen molar-refractivity contribution >= 4 is 11.3 Å². The van der Waals surface area contributed by atoms with E-state index >= 15 is 0 Å². The molecular formula is C13H20N2OS. The van der Waals surface area contributed by atoms with Crippen molar-refractivity contribution in [2.75, 3.05) is 13.2 Å². The Labute approximate surface area is 106 Å². The zero-order chi connectivity index (χ0) is 11.7. The third-order valence-corrected chi connectivity index (χ3v) is 4.98. The maximum absolute atomic E-state index is 9.08. The lowest BCUT2D eigenvalue weighted by Crippen LogP contribution is -2.28. The third-order valence-electron chi connectivity index (χ3n) is 3.84. The maximum atomic E-state index is 9.08. The monoisotopic (exact) mass is 252 g/mol. The number of nitrogens with zero attached hydrogens (tertiary/aromatic N) is 2. The summed E-state index contributed by atoms with van der Waals surface area (Å²) in [6.07, 6.45) is 8.68. The van der Waals surface area contributed by atoms with Crippen LogP contribution in [0.15, 0.2) is 6.20 Å². The van der Waals surface area contributed by atoms with Crippen LogP contribution in [0.5, 0.6) is 0 Å². The summed E-state index contributed by atoms with van der Waals surface area (Å²) in [5.74, 6) is 0.751. The molecule has 0 saturated heterocycles. The Hall–Kier alpha value is -0.450. The molecule has 3 rings (SSSR count). The standard InChI is InChI=1S/C13H20N2OS/c16-7-6-15(11-4-5-11)9-12-8-14-13(17-12)10-2-1-3-10/h8,10-11,16H,1-7,9H2. The number of aromatic nitrogens is 1. The molecule has 0 radical (unpaired) electrons. The van der Waals surface area contributed by atoms with E-state index in [2.05, 4.69) is 9.88 Å². The molecule has 17 heavy (non-hydrogen) atoms. The van der Waals surface area contributed by atoms with Crippen molar-refractivity contribution in [3.63, 3.8) is 0 Å². The van der Waals surface area contributed by atoms with Crippen LogP contribution in [0.25, 0.3) is 0 Å². The van der Waals surface area contributed by atoms with Gasteiger partial charge < -0.3 is 5.11 Å². The van der Waals surface area contributed by atoms with Crippen LogP contribution in [0, 0.1) is 0 Å². The second kappa shape index (κ2) is 5.04. The topological polar surface area (TPSA) is 36.4 Å². The fourth-order valence-corrected chi connectivity index (χ4v) is 3.51. The molecule has 1 N–H and O–H groups in total. The maximum Gasteiger partial charge on any atom is 0.0959 e. The van der Waals surface area contributed by atoms with Crippen LogP contribution < -0.4 is 0 Å². The summed E-state index contributed by atoms with van der Waals surface area (Å²) >= 11 is 1.88. The van der Waals surface area contributed by atoms with Crippen molar-refractivity contribution in [2.45, 2.75) is 50.6 Å². The van der Waals surface area contributed by atoms with Crippen LogP contribution in [0.1, 0.15) is 47.9 Å². The van der Waals surface area contributed by atoms with E-state index in [9.17, 15) is 0 Å². The summed E-state index contributed by atoms with van der Waals surface area (Å²) in [7, 11) is 0. The molecular weight excluding hydrogens is 232 g/mol. The summed E-state index contributed by atoms with van der Waals surface area (Å²) < 4.78 is 0. The molecule has 0 spiro atoms. The summed E-state index contributed by atoms with van der Waals surface area (Å²) in [4.78, 5) is 8.33. The van der Waals surface area contributed by atoms with Gasteiger partial charge in [0.15, 0.2) is 0 Å². The van der Waals surface area contributed by atoms with Crippen molar-refractivity contribution in [3.05, 3.63) is 16.1 Å². The number of hydrogen-bond donors (Lipinski definition) is 1. The molecule has 94 valence electrons. The Bertz CT molecular complexity index is 371. The van der Waals surface area contributed by atoms with Gasteiger partial charge in [0.2, 0.25) is 0 Å². The van der Waals surface area contributed by atoms with Gasteiger partial charge in [0.05, 0.1) is 11.6 Å². The largest absolute Gasteiger partial charge is 0.395 e. The van der Waals surface area contributed by atoms with Gasteiger partial charge in [-0.05, 0) is 25.7 Å². The van der Waals surface area contributed by atoms with Crippen molar-refractivity contribution in [2.24, 2.45) is 0 Å². The molecule has 2 fully saturated rings. The van der Waals surface area contributed by atoms with E-state index in [1.807, 2.05) is 17.5 Å². The SMILES string of the molecule is OCCN(Cc1cnc(C2CCC2)s1)C1CC1. The van der Waals surface area contributed by atoms with Crippen LogP contribution in [-0.2, 0) is 6.54 Å². The van der Waals surface area contributed by atoms with Gasteiger partial charge in [-0.2, -0.15) is 0 Å². The van der Waals surface area contributed by atoms with E-state index in [0.29, 0.717) is 0 Å². The van der Waals surface area contributed by atoms with E-state index in [-0.39, 0.29) is 6.61 Å². The van der Waals surface area contributed by atoms with Gasteiger partial charge in [0.25, 0.3) is 0 Å². The predicted octanol–water partition coefficient (Wildman–Crippen LogP) is 2.37. The van der Waals surface area contributed by atoms with Crippen molar-refractivity contribution in [1.29, 1.82) is 0 Å². The number of hydrogen-bond acceptors (Lipinski definition) is 4. The highest BCUT2D eigenvalue weighted by molar-refractivity contribution is 7.11. The van der Waals surface area contributed by atoms with Crippen molar-refractivity contribution < 1.29 is 5.11 Å². The van der Waals surface area contributed by atoms with Gasteiger partial charge in [-0.1, -0.05) is 6.42 Å². The van der Waals surface area contributed by atoms with Crippen LogP contribution in [0.4, 0.5) is 0 Å². The van der Waals surface area contributed by atoms with Gasteiger partial charge in [0, 0.05) is 36.1 Å². The second-order valence-corrected chi connectivity index (χ2v) is 6.36. The molecule has 0 amide bonds. The van der Waals surface area contributed by atoms with Crippen LogP contribution >= 0.6 is 11.3 Å². The molecule has 2 aliphatic carbocycles. The first-order valence-electron chi connectivity index (χ1n) is 6.66. The molecule has 1 aromatic rings. The van der Waals surface area contributed by atoms with E-state index in [1.165, 1.54) is 42.0 Å². The van der Waals surface area contributed by atoms with Gasteiger partial charge in [0.1, 0.15) is 0 Å². The first kappa shape index (κ1) is 11.6. The lowest BCUT2D eigenvalue weighted by Gasteiger charge is -2.22. The summed E-state index contributed by atoms with van der Waals surface area (Å²) in [6.45, 7) is 2.06. The van der Waals surface area contributed by atoms with Crippen LogP contribution in [-0.4, -0.2) is 34.2 Å². The molecule has 0 bridgehead atoms. The first-order valence-corrected chi connectivity index (χ1v) is 7.48. The number of aliphatic hydroxyl groups is 1. The summed E-state index contributed by atoms with van der Waals surface area (Å²) in [5, 5.41) is 10.4. The van der Waals surface area contributed by atoms with Gasteiger partial charge >= 0.3 is 0 Å². The van der Waals surface area contributed by atoms with Gasteiger partial charge in [-0.3, -0.25) is 4.90 Å². The summed E-state index contributed by atoms with van der Waals surface area (Å²) in [6, 6.07) is 0.719. The molecule has 0 unspecified atom stereocenters. The zero-order valence-corrected chi connectivity index (χ0v) is 11.0. The number of thiazole rings is 1. The Morgan fingerprint density at radius 2 is 2.18 bits per heavy atom. The highest BCUT2D eigenvalue weighted by Crippen LogP contribution is 2.38. The van der Waals surface area contributed by atoms with E-state index in [1.54, 1.807) is 0 Å². The zero-order valence-electron chi connectivity index (χ0n) is 10.1. The van der Waals surface area contributed by atoms with E-state index in [0.717, 1.165) is 25.0 Å². The normalized spacial score (nSPS) is 20.8. The molecule has 3 nitrogen and oxygen atoms in total. The fraction of sp³-hybridized carbons (Fsp3) is 0.769. The van der Waals surface area contributed by atoms with E-state index < -0.39 is 0 Å². The molecule has 0 aromatic carbocycles. The van der Waals surface area contributed by atoms with Crippen LogP contribution in [0.3, 0.4) is 0 Å².